The molecule has 2 aliphatic rings. The summed E-state index contributed by atoms with van der Waals surface area (Å²) in [6, 6.07) is 88.0. The fourth-order valence-corrected chi connectivity index (χ4v) is 11.1. The normalized spacial score (nSPS) is 14.5. The largest absolute Gasteiger partial charge is 0.310 e. The first-order chi connectivity index (χ1) is 30.8. The van der Waals surface area contributed by atoms with Crippen LogP contribution in [0.4, 0.5) is 17.1 Å². The van der Waals surface area contributed by atoms with Crippen molar-refractivity contribution in [2.45, 2.75) is 5.41 Å². The Bertz CT molecular complexity index is 3570. The van der Waals surface area contributed by atoms with Crippen molar-refractivity contribution in [3.63, 3.8) is 0 Å². The monoisotopic (exact) mass is 785 g/mol. The molecule has 0 bridgehead atoms. The van der Waals surface area contributed by atoms with Gasteiger partial charge in [0.1, 0.15) is 0 Å². The van der Waals surface area contributed by atoms with Gasteiger partial charge in [0.2, 0.25) is 0 Å². The summed E-state index contributed by atoms with van der Waals surface area (Å²) in [6.07, 6.45) is 0. The van der Waals surface area contributed by atoms with Gasteiger partial charge >= 0.3 is 0 Å². The lowest BCUT2D eigenvalue weighted by molar-refractivity contribution is 0.794. The quantitative estimate of drug-likeness (QED) is 0.157. The summed E-state index contributed by atoms with van der Waals surface area (Å²) in [5, 5.41) is 7.74. The maximum atomic E-state index is 2.57. The van der Waals surface area contributed by atoms with Gasteiger partial charge < -0.3 is 4.90 Å². The van der Waals surface area contributed by atoms with Crippen LogP contribution in [0.2, 0.25) is 0 Å². The van der Waals surface area contributed by atoms with Crippen LogP contribution in [0, 0.1) is 0 Å². The summed E-state index contributed by atoms with van der Waals surface area (Å²) >= 11 is 0. The average molecular weight is 786 g/mol. The van der Waals surface area contributed by atoms with Crippen molar-refractivity contribution in [2.24, 2.45) is 0 Å². The van der Waals surface area contributed by atoms with Crippen LogP contribution in [-0.4, -0.2) is 0 Å². The highest BCUT2D eigenvalue weighted by atomic mass is 15.1. The van der Waals surface area contributed by atoms with E-state index in [1.807, 2.05) is 0 Å². The predicted octanol–water partition coefficient (Wildman–Crippen LogP) is 16.3. The van der Waals surface area contributed by atoms with Gasteiger partial charge in [-0.25, -0.2) is 0 Å². The molecular weight excluding hydrogens is 747 g/mol. The summed E-state index contributed by atoms with van der Waals surface area (Å²) in [4.78, 5) is 2.51. The van der Waals surface area contributed by atoms with Gasteiger partial charge in [0.15, 0.2) is 0 Å². The Labute approximate surface area is 361 Å². The molecule has 0 saturated carbocycles. The summed E-state index contributed by atoms with van der Waals surface area (Å²) < 4.78 is 0. The van der Waals surface area contributed by atoms with Crippen LogP contribution >= 0.6 is 0 Å². The van der Waals surface area contributed by atoms with Crippen molar-refractivity contribution < 1.29 is 0 Å². The minimum Gasteiger partial charge on any atom is -0.310 e. The second-order valence-electron chi connectivity index (χ2n) is 16.7. The molecule has 0 N–H and O–H groups in total. The lowest BCUT2D eigenvalue weighted by atomic mass is 9.69. The van der Waals surface area contributed by atoms with E-state index in [2.05, 4.69) is 241 Å². The molecule has 11 aromatic carbocycles. The van der Waals surface area contributed by atoms with Gasteiger partial charge in [0, 0.05) is 16.9 Å². The third kappa shape index (κ3) is 4.91. The third-order valence-corrected chi connectivity index (χ3v) is 13.6. The number of hydrogen-bond donors (Lipinski definition) is 0. The topological polar surface area (TPSA) is 3.24 Å². The Balaban J connectivity index is 1.14. The zero-order valence-corrected chi connectivity index (χ0v) is 34.0. The van der Waals surface area contributed by atoms with E-state index in [0.717, 1.165) is 11.4 Å². The molecule has 11 aromatic rings. The minimum absolute atomic E-state index is 0.589. The Hall–Kier alpha value is -8.00. The molecule has 0 radical (unpaired) electrons. The zero-order chi connectivity index (χ0) is 40.8. The Kier molecular flexibility index (Phi) is 7.59. The van der Waals surface area contributed by atoms with E-state index in [1.165, 1.54) is 105 Å². The maximum absolute atomic E-state index is 2.57. The van der Waals surface area contributed by atoms with E-state index in [4.69, 9.17) is 0 Å². The second kappa shape index (κ2) is 13.5. The van der Waals surface area contributed by atoms with Crippen molar-refractivity contribution >= 4 is 49.4 Å². The van der Waals surface area contributed by atoms with E-state index >= 15 is 0 Å². The first kappa shape index (κ1) is 34.8. The number of hydrogen-bond acceptors (Lipinski definition) is 1. The Morgan fingerprint density at radius 1 is 0.258 bits per heavy atom. The van der Waals surface area contributed by atoms with Gasteiger partial charge in [-0.2, -0.15) is 0 Å². The molecule has 0 amide bonds. The van der Waals surface area contributed by atoms with Gasteiger partial charge in [-0.1, -0.05) is 194 Å². The van der Waals surface area contributed by atoms with E-state index in [9.17, 15) is 0 Å². The molecule has 0 aromatic heterocycles. The number of rotatable bonds is 5. The van der Waals surface area contributed by atoms with Crippen LogP contribution in [-0.2, 0) is 5.41 Å². The van der Waals surface area contributed by atoms with Gasteiger partial charge in [-0.3, -0.25) is 0 Å². The molecule has 0 aliphatic heterocycles. The van der Waals surface area contributed by atoms with Gasteiger partial charge in [-0.05, 0) is 136 Å². The molecule has 1 spiro atoms. The first-order valence-corrected chi connectivity index (χ1v) is 21.6. The lowest BCUT2D eigenvalue weighted by Gasteiger charge is -2.36. The number of fused-ring (bicyclic) bond motifs is 16. The molecule has 0 heterocycles. The third-order valence-electron chi connectivity index (χ3n) is 13.6. The second-order valence-corrected chi connectivity index (χ2v) is 16.7. The molecule has 13 rings (SSSR count). The minimum atomic E-state index is -0.589. The van der Waals surface area contributed by atoms with Gasteiger partial charge in [-0.15, -0.1) is 0 Å². The fraction of sp³-hybridized carbons (Fsp3) is 0.0164. The molecule has 288 valence electrons. The average Bonchev–Trinajstić information content (AvgIpc) is 3.82. The molecule has 1 nitrogen and oxygen atoms in total. The van der Waals surface area contributed by atoms with Crippen LogP contribution in [0.1, 0.15) is 22.3 Å². The smallest absolute Gasteiger partial charge is 0.0746 e. The summed E-state index contributed by atoms with van der Waals surface area (Å²) in [6.45, 7) is 0. The molecule has 0 fully saturated rings. The van der Waals surface area contributed by atoms with Gasteiger partial charge in [0.05, 0.1) is 11.1 Å². The highest BCUT2D eigenvalue weighted by Gasteiger charge is 2.53. The Morgan fingerprint density at radius 3 is 1.37 bits per heavy atom. The van der Waals surface area contributed by atoms with Crippen molar-refractivity contribution in [3.05, 3.63) is 259 Å². The maximum Gasteiger partial charge on any atom is 0.0746 e. The van der Waals surface area contributed by atoms with Crippen molar-refractivity contribution in [2.75, 3.05) is 4.90 Å². The Morgan fingerprint density at radius 2 is 0.726 bits per heavy atom. The van der Waals surface area contributed by atoms with Crippen LogP contribution in [0.15, 0.2) is 237 Å². The summed E-state index contributed by atoms with van der Waals surface area (Å²) in [7, 11) is 0. The number of benzene rings is 11. The van der Waals surface area contributed by atoms with Crippen molar-refractivity contribution in [1.29, 1.82) is 0 Å². The van der Waals surface area contributed by atoms with Gasteiger partial charge in [0.25, 0.3) is 0 Å². The highest BCUT2D eigenvalue weighted by Crippen LogP contribution is 2.66. The van der Waals surface area contributed by atoms with E-state index in [0.29, 0.717) is 0 Å². The van der Waals surface area contributed by atoms with Crippen LogP contribution in [0.5, 0.6) is 0 Å². The molecule has 2 aliphatic carbocycles. The molecule has 1 atom stereocenters. The molecule has 1 heteroatoms. The molecular formula is C61H39N. The summed E-state index contributed by atoms with van der Waals surface area (Å²) in [5.41, 5.74) is 18.0. The molecule has 0 saturated heterocycles. The number of nitrogens with zero attached hydrogens (tertiary/aromatic N) is 1. The highest BCUT2D eigenvalue weighted by molar-refractivity contribution is 6.26. The predicted molar refractivity (Wildman–Crippen MR) is 261 cm³/mol. The van der Waals surface area contributed by atoms with Crippen molar-refractivity contribution in [1.82, 2.24) is 0 Å². The van der Waals surface area contributed by atoms with E-state index in [-0.39, 0.29) is 0 Å². The molecule has 1 unspecified atom stereocenters. The first-order valence-electron chi connectivity index (χ1n) is 21.6. The van der Waals surface area contributed by atoms with Crippen LogP contribution in [0.3, 0.4) is 0 Å². The van der Waals surface area contributed by atoms with Crippen LogP contribution < -0.4 is 4.90 Å². The zero-order valence-electron chi connectivity index (χ0n) is 34.0. The SMILES string of the molecule is c1ccc(-c2ccc(N(c3cccc(-c4ccccc4)c3)c3cccc4c3C3(c5ccccc5-c5cc6c7ccccc7c7ccccc7c6cc53)c3ccccc3-4)cc2)cc1. The lowest BCUT2D eigenvalue weighted by Crippen LogP contribution is -2.28. The number of anilines is 3. The molecule has 62 heavy (non-hydrogen) atoms. The van der Waals surface area contributed by atoms with E-state index < -0.39 is 5.41 Å². The van der Waals surface area contributed by atoms with E-state index in [1.54, 1.807) is 0 Å². The van der Waals surface area contributed by atoms with Crippen molar-refractivity contribution in [3.8, 4) is 44.5 Å². The summed E-state index contributed by atoms with van der Waals surface area (Å²) in [5.74, 6) is 0. The fourth-order valence-electron chi connectivity index (χ4n) is 11.1. The van der Waals surface area contributed by atoms with Crippen LogP contribution in [0.25, 0.3) is 76.8 Å². The standard InChI is InChI=1S/C61H39N/c1-3-17-40(18-4-1)42-33-35-44(36-34-42)62(45-22-15-21-43(37-45)41-19-5-2-6-20-41)59-32-16-29-52-50-27-11-13-30-56(50)61(60(52)59)57-31-14-12-28-51(57)55-38-53-48-25-9-7-23-46(48)47-24-8-10-26-49(47)54(53)39-58(55)61/h1-39H.